The van der Waals surface area contributed by atoms with Gasteiger partial charge in [-0.25, -0.2) is 0 Å². The summed E-state index contributed by atoms with van der Waals surface area (Å²) in [7, 11) is 0. The van der Waals surface area contributed by atoms with Gasteiger partial charge in [0.2, 0.25) is 5.91 Å². The Bertz CT molecular complexity index is 1190. The lowest BCUT2D eigenvalue weighted by Gasteiger charge is -2.20. The van der Waals surface area contributed by atoms with Crippen molar-refractivity contribution in [2.45, 2.75) is 39.3 Å². The third-order valence-corrected chi connectivity index (χ3v) is 5.08. The van der Waals surface area contributed by atoms with Gasteiger partial charge in [0.1, 0.15) is 18.1 Å². The molecule has 0 aliphatic heterocycles. The number of benzene rings is 2. The Labute approximate surface area is 198 Å². The van der Waals surface area contributed by atoms with E-state index in [0.29, 0.717) is 11.3 Å². The highest BCUT2D eigenvalue weighted by molar-refractivity contribution is 5.94. The van der Waals surface area contributed by atoms with Crippen LogP contribution in [0.15, 0.2) is 71.5 Å². The van der Waals surface area contributed by atoms with Crippen LogP contribution >= 0.6 is 0 Å². The number of carbonyl (C=O) groups excluding carboxylic acids is 1. The number of rotatable bonds is 10. The average Bonchev–Trinajstić information content (AvgIpc) is 2.80. The van der Waals surface area contributed by atoms with Crippen molar-refractivity contribution in [1.29, 1.82) is 5.41 Å². The molecule has 1 aromatic heterocycles. The Morgan fingerprint density at radius 2 is 1.74 bits per heavy atom. The van der Waals surface area contributed by atoms with Gasteiger partial charge in [0.05, 0.1) is 5.69 Å². The molecule has 178 valence electrons. The first-order valence-electron chi connectivity index (χ1n) is 10.9. The van der Waals surface area contributed by atoms with Crippen LogP contribution in [0, 0.1) is 5.41 Å². The van der Waals surface area contributed by atoms with E-state index in [4.69, 9.17) is 11.1 Å². The van der Waals surface area contributed by atoms with Crippen molar-refractivity contribution in [1.82, 2.24) is 15.2 Å². The molecule has 7 N–H and O–H groups in total. The fraction of sp³-hybridized carbons (Fsp3) is 0.240. The highest BCUT2D eigenvalue weighted by Crippen LogP contribution is 2.19. The fourth-order valence-electron chi connectivity index (χ4n) is 3.41. The monoisotopic (exact) mass is 462 g/mol. The van der Waals surface area contributed by atoms with E-state index in [1.54, 1.807) is 36.4 Å². The van der Waals surface area contributed by atoms with Gasteiger partial charge in [-0.1, -0.05) is 54.6 Å². The van der Waals surface area contributed by atoms with Gasteiger partial charge in [0, 0.05) is 18.2 Å². The summed E-state index contributed by atoms with van der Waals surface area (Å²) in [6.45, 7) is 3.82. The number of nitrogens with zero attached hydrogens (tertiary/aromatic N) is 1. The number of hydrogen-bond donors (Lipinski definition) is 6. The summed E-state index contributed by atoms with van der Waals surface area (Å²) in [6.07, 6.45) is -1.12. The van der Waals surface area contributed by atoms with Crippen LogP contribution in [-0.4, -0.2) is 33.8 Å². The summed E-state index contributed by atoms with van der Waals surface area (Å²) >= 11 is 0. The largest absolute Gasteiger partial charge is 0.384 e. The molecule has 3 aromatic rings. The molecule has 1 atom stereocenters. The van der Waals surface area contributed by atoms with Crippen molar-refractivity contribution in [2.75, 3.05) is 5.32 Å². The second kappa shape index (κ2) is 11.3. The summed E-state index contributed by atoms with van der Waals surface area (Å²) in [4.78, 5) is 26.0. The number of nitrogens with one attached hydrogen (secondary N) is 4. The van der Waals surface area contributed by atoms with Gasteiger partial charge in [-0.2, -0.15) is 0 Å². The number of carbonyl (C=O) groups is 1. The molecule has 0 aliphatic rings. The quantitative estimate of drug-likeness (QED) is 0.154. The first kappa shape index (κ1) is 24.7. The minimum absolute atomic E-state index is 0.00334. The molecule has 1 amide bonds. The maximum Gasteiger partial charge on any atom is 0.274 e. The number of aliphatic hydroxyl groups is 1. The van der Waals surface area contributed by atoms with Gasteiger partial charge in [0.15, 0.2) is 6.35 Å². The zero-order valence-electron chi connectivity index (χ0n) is 19.2. The number of aromatic nitrogens is 1. The van der Waals surface area contributed by atoms with Gasteiger partial charge in [-0.15, -0.1) is 0 Å². The zero-order valence-corrected chi connectivity index (χ0v) is 19.2. The van der Waals surface area contributed by atoms with Gasteiger partial charge in [-0.3, -0.25) is 24.9 Å². The van der Waals surface area contributed by atoms with Crippen LogP contribution in [0.2, 0.25) is 0 Å². The highest BCUT2D eigenvalue weighted by Gasteiger charge is 2.16. The molecule has 9 nitrogen and oxygen atoms in total. The topological polar surface area (TPSA) is 145 Å². The number of aliphatic hydroxyl groups excluding tert-OH is 1. The van der Waals surface area contributed by atoms with Crippen LogP contribution in [0.3, 0.4) is 0 Å². The molecule has 1 heterocycles. The number of amidine groups is 1. The summed E-state index contributed by atoms with van der Waals surface area (Å²) < 4.78 is 1.38. The molecule has 0 fully saturated rings. The molecule has 34 heavy (non-hydrogen) atoms. The Morgan fingerprint density at radius 1 is 1.06 bits per heavy atom. The van der Waals surface area contributed by atoms with Crippen LogP contribution in [0.5, 0.6) is 0 Å². The van der Waals surface area contributed by atoms with Gasteiger partial charge >= 0.3 is 0 Å². The van der Waals surface area contributed by atoms with Gasteiger partial charge < -0.3 is 21.5 Å². The standard InChI is InChI=1S/C25H30N6O3/c1-16(2)29-25(34)30-20-12-13-21(18-6-4-3-5-7-18)31(24(20)33)15-22(32)28-14-17-8-10-19(11-9-17)23(26)27/h3-13,16,25,29-30,34H,14-15H2,1-2H3,(H3,26,27)(H,28,32). The Morgan fingerprint density at radius 3 is 2.35 bits per heavy atom. The smallest absolute Gasteiger partial charge is 0.274 e. The van der Waals surface area contributed by atoms with E-state index in [1.807, 2.05) is 44.2 Å². The van der Waals surface area contributed by atoms with Crippen LogP contribution in [0.4, 0.5) is 5.69 Å². The lowest BCUT2D eigenvalue weighted by atomic mass is 10.1. The van der Waals surface area contributed by atoms with Crippen molar-refractivity contribution >= 4 is 17.4 Å². The normalized spacial score (nSPS) is 11.8. The summed E-state index contributed by atoms with van der Waals surface area (Å²) in [5.74, 6) is -0.362. The predicted molar refractivity (Wildman–Crippen MR) is 133 cm³/mol. The second-order valence-electron chi connectivity index (χ2n) is 8.15. The van der Waals surface area contributed by atoms with Crippen LogP contribution in [-0.2, 0) is 17.9 Å². The van der Waals surface area contributed by atoms with E-state index < -0.39 is 11.9 Å². The number of nitrogens with two attached hydrogens (primary N) is 1. The average molecular weight is 463 g/mol. The van der Waals surface area contributed by atoms with Crippen molar-refractivity contribution in [3.63, 3.8) is 0 Å². The molecule has 0 radical (unpaired) electrons. The Balaban J connectivity index is 1.82. The molecule has 0 saturated heterocycles. The SMILES string of the molecule is CC(C)NC(O)Nc1ccc(-c2ccccc2)n(CC(=O)NCc2ccc(C(=N)N)cc2)c1=O. The molecule has 1 unspecified atom stereocenters. The van der Waals surface area contributed by atoms with E-state index in [-0.39, 0.29) is 36.6 Å². The number of pyridine rings is 1. The Kier molecular flexibility index (Phi) is 8.18. The molecule has 0 bridgehead atoms. The summed E-state index contributed by atoms with van der Waals surface area (Å²) in [5, 5.41) is 26.1. The van der Waals surface area contributed by atoms with Crippen LogP contribution in [0.1, 0.15) is 25.0 Å². The maximum atomic E-state index is 13.2. The van der Waals surface area contributed by atoms with Crippen molar-refractivity contribution < 1.29 is 9.90 Å². The minimum atomic E-state index is -1.12. The molecular weight excluding hydrogens is 432 g/mol. The third kappa shape index (κ3) is 6.53. The second-order valence-corrected chi connectivity index (χ2v) is 8.15. The highest BCUT2D eigenvalue weighted by atomic mass is 16.3. The molecule has 3 rings (SSSR count). The van der Waals surface area contributed by atoms with E-state index >= 15 is 0 Å². The molecule has 9 heteroatoms. The molecule has 0 spiro atoms. The Hall–Kier alpha value is -3.95. The van der Waals surface area contributed by atoms with Gasteiger partial charge in [-0.05, 0) is 37.1 Å². The first-order chi connectivity index (χ1) is 16.2. The molecule has 0 aliphatic carbocycles. The van der Waals surface area contributed by atoms with Crippen LogP contribution < -0.4 is 27.2 Å². The molecule has 0 saturated carbocycles. The van der Waals surface area contributed by atoms with E-state index in [9.17, 15) is 14.7 Å². The fourth-order valence-corrected chi connectivity index (χ4v) is 3.41. The minimum Gasteiger partial charge on any atom is -0.384 e. The number of anilines is 1. The maximum absolute atomic E-state index is 13.2. The van der Waals surface area contributed by atoms with E-state index in [1.165, 1.54) is 4.57 Å². The number of hydrogen-bond acceptors (Lipinski definition) is 6. The summed E-state index contributed by atoms with van der Waals surface area (Å²) in [6, 6.07) is 19.7. The van der Waals surface area contributed by atoms with E-state index in [0.717, 1.165) is 11.1 Å². The summed E-state index contributed by atoms with van der Waals surface area (Å²) in [5.41, 5.74) is 8.04. The predicted octanol–water partition coefficient (Wildman–Crippen LogP) is 1.80. The van der Waals surface area contributed by atoms with Crippen molar-refractivity contribution in [3.8, 4) is 11.3 Å². The number of amides is 1. The molecular formula is C25H30N6O3. The lowest BCUT2D eigenvalue weighted by Crippen LogP contribution is -2.42. The molecule has 2 aromatic carbocycles. The van der Waals surface area contributed by atoms with E-state index in [2.05, 4.69) is 16.0 Å². The first-order valence-corrected chi connectivity index (χ1v) is 10.9. The number of nitrogen functional groups attached to an aromatic ring is 1. The zero-order chi connectivity index (χ0) is 24.7. The van der Waals surface area contributed by atoms with Crippen molar-refractivity contribution in [3.05, 3.63) is 88.2 Å². The lowest BCUT2D eigenvalue weighted by molar-refractivity contribution is -0.121. The van der Waals surface area contributed by atoms with Crippen LogP contribution in [0.25, 0.3) is 11.3 Å². The third-order valence-electron chi connectivity index (χ3n) is 5.08. The van der Waals surface area contributed by atoms with Gasteiger partial charge in [0.25, 0.3) is 5.56 Å². The van der Waals surface area contributed by atoms with Crippen molar-refractivity contribution in [2.24, 2.45) is 5.73 Å².